The average Bonchev–Trinajstić information content (AvgIpc) is 2.38. The van der Waals surface area contributed by atoms with Crippen LogP contribution in [0.15, 0.2) is 18.2 Å². The molecule has 0 aliphatic heterocycles. The van der Waals surface area contributed by atoms with E-state index in [1.807, 2.05) is 26.0 Å². The zero-order valence-electron chi connectivity index (χ0n) is 11.6. The highest BCUT2D eigenvalue weighted by Crippen LogP contribution is 2.25. The Kier molecular flexibility index (Phi) is 6.52. The van der Waals surface area contributed by atoms with Crippen molar-refractivity contribution in [3.8, 4) is 5.75 Å². The summed E-state index contributed by atoms with van der Waals surface area (Å²) < 4.78 is 10.3. The minimum Gasteiger partial charge on any atom is -0.491 e. The molecule has 0 aliphatic rings. The Balaban J connectivity index is 2.61. The number of amides is 1. The summed E-state index contributed by atoms with van der Waals surface area (Å²) >= 11 is 0. The molecule has 1 rings (SSSR count). The van der Waals surface area contributed by atoms with Crippen molar-refractivity contribution in [2.45, 2.75) is 20.3 Å². The van der Waals surface area contributed by atoms with Gasteiger partial charge in [-0.3, -0.25) is 4.79 Å². The fourth-order valence-electron chi connectivity index (χ4n) is 1.48. The van der Waals surface area contributed by atoms with Gasteiger partial charge in [0.05, 0.1) is 12.3 Å². The third-order valence-corrected chi connectivity index (χ3v) is 2.33. The van der Waals surface area contributed by atoms with Crippen LogP contribution in [0.3, 0.4) is 0 Å². The zero-order chi connectivity index (χ0) is 15.0. The number of carbonyl (C=O) groups is 2. The molecule has 0 radical (unpaired) electrons. The van der Waals surface area contributed by atoms with Gasteiger partial charge in [-0.1, -0.05) is 13.0 Å². The van der Waals surface area contributed by atoms with Crippen molar-refractivity contribution < 1.29 is 24.2 Å². The van der Waals surface area contributed by atoms with Crippen LogP contribution in [0.5, 0.6) is 5.75 Å². The number of hydrogen-bond donors (Lipinski definition) is 2. The summed E-state index contributed by atoms with van der Waals surface area (Å²) in [7, 11) is 0. The van der Waals surface area contributed by atoms with Crippen molar-refractivity contribution in [2.24, 2.45) is 0 Å². The van der Waals surface area contributed by atoms with Crippen LogP contribution in [0.4, 0.5) is 5.69 Å². The molecule has 0 atom stereocenters. The maximum Gasteiger partial charge on any atom is 0.329 e. The normalized spacial score (nSPS) is 10.1. The molecule has 0 saturated carbocycles. The number of aryl methyl sites for hydroxylation is 1. The predicted molar refractivity (Wildman–Crippen MR) is 74.0 cm³/mol. The highest BCUT2D eigenvalue weighted by atomic mass is 16.5. The largest absolute Gasteiger partial charge is 0.491 e. The standard InChI is InChI=1S/C14H19NO5/c1-3-6-20-12-7-10(2)4-5-11(12)15-13(16)8-19-9-14(17)18/h4-5,7H,3,6,8-9H2,1-2H3,(H,15,16)(H,17,18). The molecule has 0 aromatic heterocycles. The van der Waals surface area contributed by atoms with Crippen molar-refractivity contribution in [1.29, 1.82) is 0 Å². The van der Waals surface area contributed by atoms with Gasteiger partial charge in [-0.25, -0.2) is 4.79 Å². The van der Waals surface area contributed by atoms with Crippen LogP contribution >= 0.6 is 0 Å². The summed E-state index contributed by atoms with van der Waals surface area (Å²) in [5.74, 6) is -0.935. The molecule has 0 unspecified atom stereocenters. The second-order valence-corrected chi connectivity index (χ2v) is 4.28. The topological polar surface area (TPSA) is 84.9 Å². The van der Waals surface area contributed by atoms with Gasteiger partial charge in [0, 0.05) is 0 Å². The van der Waals surface area contributed by atoms with Crippen LogP contribution in [-0.2, 0) is 14.3 Å². The maximum atomic E-state index is 11.6. The maximum absolute atomic E-state index is 11.6. The lowest BCUT2D eigenvalue weighted by Crippen LogP contribution is -2.21. The van der Waals surface area contributed by atoms with Crippen molar-refractivity contribution in [1.82, 2.24) is 0 Å². The molecule has 20 heavy (non-hydrogen) atoms. The SMILES string of the molecule is CCCOc1cc(C)ccc1NC(=O)COCC(=O)O. The Bertz CT molecular complexity index is 473. The van der Waals surface area contributed by atoms with Gasteiger partial charge >= 0.3 is 5.97 Å². The number of ether oxygens (including phenoxy) is 2. The first-order chi connectivity index (χ1) is 9.52. The molecule has 6 heteroatoms. The lowest BCUT2D eigenvalue weighted by Gasteiger charge is -2.13. The van der Waals surface area contributed by atoms with Crippen molar-refractivity contribution in [2.75, 3.05) is 25.1 Å². The van der Waals surface area contributed by atoms with Crippen molar-refractivity contribution >= 4 is 17.6 Å². The molecule has 0 spiro atoms. The Morgan fingerprint density at radius 2 is 2.05 bits per heavy atom. The van der Waals surface area contributed by atoms with Crippen LogP contribution < -0.4 is 10.1 Å². The first-order valence-electron chi connectivity index (χ1n) is 6.35. The molecular formula is C14H19NO5. The summed E-state index contributed by atoms with van der Waals surface area (Å²) in [4.78, 5) is 21.9. The number of anilines is 1. The van der Waals surface area contributed by atoms with Gasteiger partial charge in [-0.2, -0.15) is 0 Å². The molecule has 0 saturated heterocycles. The smallest absolute Gasteiger partial charge is 0.329 e. The molecule has 2 N–H and O–H groups in total. The Morgan fingerprint density at radius 1 is 1.30 bits per heavy atom. The third-order valence-electron chi connectivity index (χ3n) is 2.33. The quantitative estimate of drug-likeness (QED) is 0.759. The van der Waals surface area contributed by atoms with Crippen LogP contribution in [0, 0.1) is 6.92 Å². The molecule has 1 amide bonds. The van der Waals surface area contributed by atoms with Crippen molar-refractivity contribution in [3.05, 3.63) is 23.8 Å². The predicted octanol–water partition coefficient (Wildman–Crippen LogP) is 1.82. The van der Waals surface area contributed by atoms with Crippen LogP contribution in [0.1, 0.15) is 18.9 Å². The van der Waals surface area contributed by atoms with E-state index >= 15 is 0 Å². The first kappa shape index (κ1) is 16.0. The molecule has 6 nitrogen and oxygen atoms in total. The number of benzene rings is 1. The molecule has 0 bridgehead atoms. The van der Waals surface area contributed by atoms with E-state index in [1.54, 1.807) is 6.07 Å². The lowest BCUT2D eigenvalue weighted by atomic mass is 10.2. The second-order valence-electron chi connectivity index (χ2n) is 4.28. The zero-order valence-corrected chi connectivity index (χ0v) is 11.6. The van der Waals surface area contributed by atoms with Crippen molar-refractivity contribution in [3.63, 3.8) is 0 Å². The number of rotatable bonds is 8. The van der Waals surface area contributed by atoms with Gasteiger partial charge in [0.2, 0.25) is 5.91 Å². The van der Waals surface area contributed by atoms with Crippen LogP contribution in [0.25, 0.3) is 0 Å². The number of carbonyl (C=O) groups excluding carboxylic acids is 1. The highest BCUT2D eigenvalue weighted by Gasteiger charge is 2.09. The summed E-state index contributed by atoms with van der Waals surface area (Å²) in [5, 5.41) is 11.0. The summed E-state index contributed by atoms with van der Waals surface area (Å²) in [6.07, 6.45) is 0.864. The van der Waals surface area contributed by atoms with Gasteiger partial charge in [0.25, 0.3) is 0 Å². The van der Waals surface area contributed by atoms with Gasteiger partial charge in [-0.15, -0.1) is 0 Å². The van der Waals surface area contributed by atoms with E-state index in [0.29, 0.717) is 18.0 Å². The fraction of sp³-hybridized carbons (Fsp3) is 0.429. The van der Waals surface area contributed by atoms with E-state index in [4.69, 9.17) is 14.6 Å². The molecule has 1 aromatic carbocycles. The van der Waals surface area contributed by atoms with Crippen LogP contribution in [0.2, 0.25) is 0 Å². The number of hydrogen-bond acceptors (Lipinski definition) is 4. The fourth-order valence-corrected chi connectivity index (χ4v) is 1.48. The Hall–Kier alpha value is -2.08. The molecule has 0 heterocycles. The molecule has 110 valence electrons. The van der Waals surface area contributed by atoms with Crippen LogP contribution in [-0.4, -0.2) is 36.8 Å². The van der Waals surface area contributed by atoms with E-state index < -0.39 is 18.5 Å². The van der Waals surface area contributed by atoms with E-state index in [-0.39, 0.29) is 6.61 Å². The van der Waals surface area contributed by atoms with Gasteiger partial charge < -0.3 is 19.9 Å². The molecule has 0 fully saturated rings. The third kappa shape index (κ3) is 5.71. The average molecular weight is 281 g/mol. The molecule has 1 aromatic rings. The van der Waals surface area contributed by atoms with E-state index in [2.05, 4.69) is 5.32 Å². The molecule has 0 aliphatic carbocycles. The van der Waals surface area contributed by atoms with E-state index in [9.17, 15) is 9.59 Å². The minimum absolute atomic E-state index is 0.312. The van der Waals surface area contributed by atoms with Gasteiger partial charge in [-0.05, 0) is 31.0 Å². The summed E-state index contributed by atoms with van der Waals surface area (Å²) in [6.45, 7) is 3.67. The minimum atomic E-state index is -1.11. The Labute approximate surface area is 117 Å². The number of aliphatic carboxylic acids is 1. The second kappa shape index (κ2) is 8.16. The molecular weight excluding hydrogens is 262 g/mol. The first-order valence-corrected chi connectivity index (χ1v) is 6.35. The van der Waals surface area contributed by atoms with Gasteiger partial charge in [0.1, 0.15) is 19.0 Å². The Morgan fingerprint density at radius 3 is 2.70 bits per heavy atom. The van der Waals surface area contributed by atoms with E-state index in [0.717, 1.165) is 12.0 Å². The number of carboxylic acid groups (broad SMARTS) is 1. The van der Waals surface area contributed by atoms with Gasteiger partial charge in [0.15, 0.2) is 0 Å². The summed E-state index contributed by atoms with van der Waals surface area (Å²) in [5.41, 5.74) is 1.57. The monoisotopic (exact) mass is 281 g/mol. The number of carboxylic acids is 1. The van der Waals surface area contributed by atoms with E-state index in [1.165, 1.54) is 0 Å². The summed E-state index contributed by atoms with van der Waals surface area (Å²) in [6, 6.07) is 5.44. The number of nitrogens with one attached hydrogen (secondary N) is 1. The lowest BCUT2D eigenvalue weighted by molar-refractivity contribution is -0.143. The highest BCUT2D eigenvalue weighted by molar-refractivity contribution is 5.93.